The number of hydrogen-bond donors (Lipinski definition) is 3. The molecule has 0 aromatic heterocycles. The topological polar surface area (TPSA) is 94.7 Å². The van der Waals surface area contributed by atoms with Crippen LogP contribution in [0.25, 0.3) is 11.1 Å². The summed E-state index contributed by atoms with van der Waals surface area (Å²) in [5.74, 6) is 0.310. The smallest absolute Gasteiger partial charge is 0.255 e. The van der Waals surface area contributed by atoms with Gasteiger partial charge in [0.1, 0.15) is 22.9 Å². The highest BCUT2D eigenvalue weighted by Gasteiger charge is 2.20. The molecule has 0 heterocycles. The van der Waals surface area contributed by atoms with E-state index >= 15 is 0 Å². The van der Waals surface area contributed by atoms with Crippen LogP contribution in [0.1, 0.15) is 10.4 Å². The van der Waals surface area contributed by atoms with Gasteiger partial charge in [0.25, 0.3) is 5.91 Å². The quantitative estimate of drug-likeness (QED) is 0.137. The minimum atomic E-state index is -1.68. The Morgan fingerprint density at radius 1 is 0.897 bits per heavy atom. The Morgan fingerprint density at radius 3 is 2.41 bits per heavy atom. The lowest BCUT2D eigenvalue weighted by molar-refractivity contribution is 0.0952. The van der Waals surface area contributed by atoms with E-state index in [9.17, 15) is 13.7 Å². The number of benzene rings is 4. The van der Waals surface area contributed by atoms with Crippen LogP contribution < -0.4 is 24.8 Å². The summed E-state index contributed by atoms with van der Waals surface area (Å²) in [4.78, 5) is 13.0. The van der Waals surface area contributed by atoms with E-state index in [4.69, 9.17) is 9.47 Å². The first-order valence-corrected chi connectivity index (χ1v) is 13.9. The molecule has 0 aliphatic heterocycles. The third kappa shape index (κ3) is 7.23. The Balaban J connectivity index is 1.38. The van der Waals surface area contributed by atoms with Crippen LogP contribution in [0.15, 0.2) is 94.3 Å². The fourth-order valence-electron chi connectivity index (χ4n) is 3.87. The Morgan fingerprint density at radius 2 is 1.64 bits per heavy atom. The second-order valence-corrected chi connectivity index (χ2v) is 10.4. The molecule has 1 amide bonds. The van der Waals surface area contributed by atoms with Gasteiger partial charge in [-0.3, -0.25) is 4.79 Å². The predicted octanol–water partition coefficient (Wildman–Crippen LogP) is 6.25. The van der Waals surface area contributed by atoms with Gasteiger partial charge in [-0.05, 0) is 54.1 Å². The minimum Gasteiger partial charge on any atom is -0.588 e. The largest absolute Gasteiger partial charge is 0.588 e. The Kier molecular flexibility index (Phi) is 9.69. The molecule has 0 radical (unpaired) electrons. The summed E-state index contributed by atoms with van der Waals surface area (Å²) < 4.78 is 42.0. The van der Waals surface area contributed by atoms with Gasteiger partial charge in [-0.1, -0.05) is 46.3 Å². The number of anilines is 2. The summed E-state index contributed by atoms with van der Waals surface area (Å²) >= 11 is 1.69. The summed E-state index contributed by atoms with van der Waals surface area (Å²) in [7, 11) is 3.01. The van der Waals surface area contributed by atoms with Crippen molar-refractivity contribution < 1.29 is 23.2 Å². The molecule has 0 spiro atoms. The summed E-state index contributed by atoms with van der Waals surface area (Å²) in [5.41, 5.74) is 2.83. The van der Waals surface area contributed by atoms with Crippen LogP contribution in [0.5, 0.6) is 11.5 Å². The van der Waals surface area contributed by atoms with Crippen molar-refractivity contribution in [1.82, 2.24) is 5.32 Å². The molecule has 7 nitrogen and oxygen atoms in total. The van der Waals surface area contributed by atoms with Gasteiger partial charge in [-0.15, -0.1) is 0 Å². The molecule has 4 aromatic rings. The molecular formula is C29H27BrFN3O4S. The summed E-state index contributed by atoms with van der Waals surface area (Å²) in [6, 6.07) is 24.0. The fraction of sp³-hybridized carbons (Fsp3) is 0.138. The number of nitrogens with one attached hydrogen (secondary N) is 3. The fourth-order valence-corrected chi connectivity index (χ4v) is 5.26. The van der Waals surface area contributed by atoms with Crippen molar-refractivity contribution in [3.63, 3.8) is 0 Å². The normalized spacial score (nSPS) is 11.4. The Labute approximate surface area is 238 Å². The maximum absolute atomic E-state index is 14.3. The molecule has 0 saturated carbocycles. The van der Waals surface area contributed by atoms with Gasteiger partial charge in [0, 0.05) is 34.9 Å². The SMILES string of the molecule is COc1ccc(Br)cc1C(=O)NCCNc1cccc(N[S+]([O-])c2cc(-c3ccccc3F)ccc2OC)c1. The number of carbonyl (C=O) groups is 1. The van der Waals surface area contributed by atoms with Crippen molar-refractivity contribution in [2.45, 2.75) is 4.90 Å². The van der Waals surface area contributed by atoms with Crippen LogP contribution in [0.2, 0.25) is 0 Å². The molecular weight excluding hydrogens is 585 g/mol. The number of rotatable bonds is 11. The van der Waals surface area contributed by atoms with Crippen molar-refractivity contribution in [2.24, 2.45) is 0 Å². The molecule has 3 N–H and O–H groups in total. The molecule has 0 bridgehead atoms. The Bertz CT molecular complexity index is 1460. The van der Waals surface area contributed by atoms with E-state index in [1.165, 1.54) is 20.3 Å². The van der Waals surface area contributed by atoms with E-state index in [1.807, 2.05) is 18.2 Å². The first-order chi connectivity index (χ1) is 18.9. The number of ether oxygens (including phenoxy) is 2. The highest BCUT2D eigenvalue weighted by molar-refractivity contribution is 9.10. The zero-order valence-electron chi connectivity index (χ0n) is 21.3. The van der Waals surface area contributed by atoms with Crippen molar-refractivity contribution >= 4 is 44.6 Å². The number of hydrogen-bond acceptors (Lipinski definition) is 6. The van der Waals surface area contributed by atoms with Crippen LogP contribution in [0.3, 0.4) is 0 Å². The maximum Gasteiger partial charge on any atom is 0.255 e. The molecule has 4 aromatic carbocycles. The highest BCUT2D eigenvalue weighted by Crippen LogP contribution is 2.32. The second-order valence-electron chi connectivity index (χ2n) is 8.32. The third-order valence-electron chi connectivity index (χ3n) is 5.77. The van der Waals surface area contributed by atoms with Gasteiger partial charge in [0.05, 0.1) is 25.5 Å². The van der Waals surface area contributed by atoms with E-state index in [2.05, 4.69) is 31.3 Å². The maximum atomic E-state index is 14.3. The first-order valence-electron chi connectivity index (χ1n) is 12.0. The van der Waals surface area contributed by atoms with Crippen LogP contribution in [-0.2, 0) is 11.4 Å². The highest BCUT2D eigenvalue weighted by atomic mass is 79.9. The second kappa shape index (κ2) is 13.4. The molecule has 0 saturated heterocycles. The van der Waals surface area contributed by atoms with E-state index < -0.39 is 11.4 Å². The zero-order chi connectivity index (χ0) is 27.8. The van der Waals surface area contributed by atoms with Gasteiger partial charge in [-0.2, -0.15) is 0 Å². The molecule has 0 aliphatic rings. The zero-order valence-corrected chi connectivity index (χ0v) is 23.7. The first kappa shape index (κ1) is 28.3. The van der Waals surface area contributed by atoms with Crippen LogP contribution in [0, 0.1) is 5.82 Å². The van der Waals surface area contributed by atoms with E-state index in [1.54, 1.807) is 60.7 Å². The molecule has 1 atom stereocenters. The van der Waals surface area contributed by atoms with Gasteiger partial charge in [-0.25, -0.2) is 9.11 Å². The van der Waals surface area contributed by atoms with Crippen LogP contribution >= 0.6 is 15.9 Å². The molecule has 0 aliphatic carbocycles. The van der Waals surface area contributed by atoms with Crippen LogP contribution in [0.4, 0.5) is 15.8 Å². The van der Waals surface area contributed by atoms with Gasteiger partial charge in [0.15, 0.2) is 5.75 Å². The van der Waals surface area contributed by atoms with Gasteiger partial charge >= 0.3 is 0 Å². The lowest BCUT2D eigenvalue weighted by Gasteiger charge is -2.16. The van der Waals surface area contributed by atoms with E-state index in [-0.39, 0.29) is 11.7 Å². The number of carbonyl (C=O) groups excluding carboxylic acids is 1. The number of methoxy groups -OCH3 is 2. The summed E-state index contributed by atoms with van der Waals surface area (Å²) in [5, 5.41) is 6.11. The molecule has 1 unspecified atom stereocenters. The Hall–Kier alpha value is -3.73. The molecule has 10 heteroatoms. The number of amides is 1. The van der Waals surface area contributed by atoms with E-state index in [0.717, 1.165) is 10.2 Å². The van der Waals surface area contributed by atoms with Gasteiger partial charge in [0.2, 0.25) is 4.90 Å². The monoisotopic (exact) mass is 611 g/mol. The van der Waals surface area contributed by atoms with E-state index in [0.29, 0.717) is 51.9 Å². The lowest BCUT2D eigenvalue weighted by atomic mass is 10.1. The molecule has 0 fully saturated rings. The third-order valence-corrected chi connectivity index (χ3v) is 7.40. The van der Waals surface area contributed by atoms with Crippen molar-refractivity contribution in [1.29, 1.82) is 0 Å². The van der Waals surface area contributed by atoms with Gasteiger partial charge < -0.3 is 24.7 Å². The predicted molar refractivity (Wildman–Crippen MR) is 156 cm³/mol. The average molecular weight is 613 g/mol. The molecule has 202 valence electrons. The van der Waals surface area contributed by atoms with Crippen LogP contribution in [-0.4, -0.2) is 37.8 Å². The molecule has 39 heavy (non-hydrogen) atoms. The summed E-state index contributed by atoms with van der Waals surface area (Å²) in [6.45, 7) is 0.839. The van der Waals surface area contributed by atoms with Crippen molar-refractivity contribution in [3.8, 4) is 22.6 Å². The standard InChI is InChI=1S/C29H27BrFN3O4S/c1-37-26-13-11-20(30)17-24(26)29(35)33-15-14-32-21-6-5-7-22(18-21)34-39(36)28-16-19(10-12-27(28)38-2)23-8-3-4-9-25(23)31/h3-13,16-18,32,34H,14-15H2,1-2H3,(H,33,35). The van der Waals surface area contributed by atoms with Crippen molar-refractivity contribution in [3.05, 3.63) is 101 Å². The minimum absolute atomic E-state index is 0.243. The lowest BCUT2D eigenvalue weighted by Crippen LogP contribution is -2.29. The molecule has 4 rings (SSSR count). The van der Waals surface area contributed by atoms with Crippen molar-refractivity contribution in [2.75, 3.05) is 37.3 Å². The number of halogens is 2. The average Bonchev–Trinajstić information content (AvgIpc) is 2.95. The summed E-state index contributed by atoms with van der Waals surface area (Å²) in [6.07, 6.45) is 0.